The fourth-order valence-electron chi connectivity index (χ4n) is 1.96. The van der Waals surface area contributed by atoms with Crippen LogP contribution in [0.1, 0.15) is 5.56 Å². The van der Waals surface area contributed by atoms with Gasteiger partial charge in [-0.05, 0) is 29.1 Å². The van der Waals surface area contributed by atoms with Crippen molar-refractivity contribution in [2.45, 2.75) is 6.54 Å². The molecule has 0 amide bonds. The molecule has 0 fully saturated rings. The minimum Gasteiger partial charge on any atom is -0.398 e. The lowest BCUT2D eigenvalue weighted by Gasteiger charge is -2.09. The Morgan fingerprint density at radius 1 is 1.32 bits per heavy atom. The first kappa shape index (κ1) is 12.4. The summed E-state index contributed by atoms with van der Waals surface area (Å²) in [7, 11) is 0. The molecule has 5 heteroatoms. The van der Waals surface area contributed by atoms with Crippen LogP contribution in [0.3, 0.4) is 0 Å². The number of imidazole rings is 1. The maximum Gasteiger partial charge on any atom is 0.150 e. The summed E-state index contributed by atoms with van der Waals surface area (Å²) in [4.78, 5) is 5.59. The first-order chi connectivity index (χ1) is 9.24. The van der Waals surface area contributed by atoms with Crippen LogP contribution in [0.5, 0.6) is 0 Å². The van der Waals surface area contributed by atoms with Crippen molar-refractivity contribution >= 4 is 33.0 Å². The fourth-order valence-corrected chi connectivity index (χ4v) is 3.08. The molecule has 2 heterocycles. The number of hydrogen-bond donors (Lipinski definition) is 1. The largest absolute Gasteiger partial charge is 0.398 e. The lowest BCUT2D eigenvalue weighted by Crippen LogP contribution is -2.03. The van der Waals surface area contributed by atoms with Crippen molar-refractivity contribution in [3.63, 3.8) is 0 Å². The average Bonchev–Trinajstić information content (AvgIpc) is 3.03. The van der Waals surface area contributed by atoms with Gasteiger partial charge in [-0.1, -0.05) is 28.1 Å². The average molecular weight is 334 g/mol. The van der Waals surface area contributed by atoms with E-state index >= 15 is 0 Å². The molecule has 3 nitrogen and oxygen atoms in total. The SMILES string of the molecule is Nc1cc(Br)ccc1Cn1ccnc1-c1cccs1. The van der Waals surface area contributed by atoms with Gasteiger partial charge in [0.25, 0.3) is 0 Å². The zero-order valence-electron chi connectivity index (χ0n) is 10.1. The quantitative estimate of drug-likeness (QED) is 0.736. The Labute approximate surface area is 123 Å². The highest BCUT2D eigenvalue weighted by Gasteiger charge is 2.08. The van der Waals surface area contributed by atoms with Crippen molar-refractivity contribution < 1.29 is 0 Å². The lowest BCUT2D eigenvalue weighted by atomic mass is 10.2. The van der Waals surface area contributed by atoms with E-state index in [4.69, 9.17) is 5.73 Å². The maximum absolute atomic E-state index is 6.05. The summed E-state index contributed by atoms with van der Waals surface area (Å²) < 4.78 is 3.11. The van der Waals surface area contributed by atoms with Crippen LogP contribution in [-0.4, -0.2) is 9.55 Å². The monoisotopic (exact) mass is 333 g/mol. The Balaban J connectivity index is 1.94. The van der Waals surface area contributed by atoms with E-state index in [1.54, 1.807) is 11.3 Å². The number of benzene rings is 1. The van der Waals surface area contributed by atoms with E-state index in [1.165, 1.54) is 4.88 Å². The fraction of sp³-hybridized carbons (Fsp3) is 0.0714. The smallest absolute Gasteiger partial charge is 0.150 e. The summed E-state index contributed by atoms with van der Waals surface area (Å²) >= 11 is 5.11. The lowest BCUT2D eigenvalue weighted by molar-refractivity contribution is 0.810. The Bertz CT molecular complexity index is 689. The van der Waals surface area contributed by atoms with E-state index in [0.717, 1.165) is 28.1 Å². The summed E-state index contributed by atoms with van der Waals surface area (Å²) in [6.45, 7) is 0.729. The van der Waals surface area contributed by atoms with Crippen LogP contribution < -0.4 is 5.73 Å². The van der Waals surface area contributed by atoms with Crippen molar-refractivity contribution in [3.8, 4) is 10.7 Å². The van der Waals surface area contributed by atoms with Gasteiger partial charge in [0.15, 0.2) is 0 Å². The molecule has 0 atom stereocenters. The third kappa shape index (κ3) is 2.57. The van der Waals surface area contributed by atoms with Crippen molar-refractivity contribution in [2.75, 3.05) is 5.73 Å². The highest BCUT2D eigenvalue weighted by molar-refractivity contribution is 9.10. The van der Waals surface area contributed by atoms with Crippen LogP contribution >= 0.6 is 27.3 Å². The van der Waals surface area contributed by atoms with Gasteiger partial charge in [-0.15, -0.1) is 11.3 Å². The summed E-state index contributed by atoms with van der Waals surface area (Å²) in [6.07, 6.45) is 3.81. The highest BCUT2D eigenvalue weighted by Crippen LogP contribution is 2.25. The number of anilines is 1. The van der Waals surface area contributed by atoms with Gasteiger partial charge in [-0.25, -0.2) is 4.98 Å². The molecule has 0 aliphatic heterocycles. The molecule has 96 valence electrons. The Hall–Kier alpha value is -1.59. The van der Waals surface area contributed by atoms with Crippen molar-refractivity contribution in [1.29, 1.82) is 0 Å². The van der Waals surface area contributed by atoms with E-state index in [2.05, 4.69) is 36.9 Å². The number of halogens is 1. The second-order valence-electron chi connectivity index (χ2n) is 4.20. The molecule has 2 aromatic heterocycles. The molecular weight excluding hydrogens is 322 g/mol. The van der Waals surface area contributed by atoms with Crippen LogP contribution in [-0.2, 0) is 6.54 Å². The summed E-state index contributed by atoms with van der Waals surface area (Å²) in [5.41, 5.74) is 7.93. The molecule has 0 saturated heterocycles. The van der Waals surface area contributed by atoms with Gasteiger partial charge in [0.05, 0.1) is 11.4 Å². The standard InChI is InChI=1S/C14H12BrN3S/c15-11-4-3-10(12(16)8-11)9-18-6-5-17-14(18)13-2-1-7-19-13/h1-8H,9,16H2. The van der Waals surface area contributed by atoms with Gasteiger partial charge in [0.1, 0.15) is 5.82 Å². The maximum atomic E-state index is 6.05. The first-order valence-corrected chi connectivity index (χ1v) is 7.50. The van der Waals surface area contributed by atoms with Crippen LogP contribution in [0.4, 0.5) is 5.69 Å². The van der Waals surface area contributed by atoms with Gasteiger partial charge >= 0.3 is 0 Å². The van der Waals surface area contributed by atoms with E-state index in [0.29, 0.717) is 0 Å². The van der Waals surface area contributed by atoms with Gasteiger partial charge in [-0.2, -0.15) is 0 Å². The molecule has 1 aromatic carbocycles. The molecule has 0 aliphatic rings. The summed E-state index contributed by atoms with van der Waals surface area (Å²) in [6, 6.07) is 10.1. The van der Waals surface area contributed by atoms with Crippen LogP contribution in [0, 0.1) is 0 Å². The number of nitrogen functional groups attached to an aromatic ring is 1. The van der Waals surface area contributed by atoms with Crippen LogP contribution in [0.25, 0.3) is 10.7 Å². The van der Waals surface area contributed by atoms with Crippen molar-refractivity contribution in [1.82, 2.24) is 9.55 Å². The van der Waals surface area contributed by atoms with Gasteiger partial charge in [0.2, 0.25) is 0 Å². The van der Waals surface area contributed by atoms with Gasteiger partial charge in [-0.3, -0.25) is 0 Å². The third-order valence-corrected chi connectivity index (χ3v) is 4.26. The predicted octanol–water partition coefficient (Wildman–Crippen LogP) is 4.00. The Morgan fingerprint density at radius 2 is 2.21 bits per heavy atom. The van der Waals surface area contributed by atoms with Crippen molar-refractivity contribution in [2.24, 2.45) is 0 Å². The van der Waals surface area contributed by atoms with Crippen molar-refractivity contribution in [3.05, 3.63) is 58.1 Å². The van der Waals surface area contributed by atoms with Crippen LogP contribution in [0.2, 0.25) is 0 Å². The Kier molecular flexibility index (Phi) is 3.40. The molecule has 0 aliphatic carbocycles. The first-order valence-electron chi connectivity index (χ1n) is 5.83. The zero-order valence-corrected chi connectivity index (χ0v) is 12.5. The predicted molar refractivity (Wildman–Crippen MR) is 83.2 cm³/mol. The molecule has 19 heavy (non-hydrogen) atoms. The number of nitrogens with zero attached hydrogens (tertiary/aromatic N) is 2. The van der Waals surface area contributed by atoms with E-state index < -0.39 is 0 Å². The Morgan fingerprint density at radius 3 is 2.95 bits per heavy atom. The molecule has 3 rings (SSSR count). The third-order valence-electron chi connectivity index (χ3n) is 2.91. The molecule has 0 spiro atoms. The van der Waals surface area contributed by atoms with Gasteiger partial charge < -0.3 is 10.3 Å². The number of rotatable bonds is 3. The molecular formula is C14H12BrN3S. The second-order valence-corrected chi connectivity index (χ2v) is 6.06. The normalized spacial score (nSPS) is 10.8. The summed E-state index contributed by atoms with van der Waals surface area (Å²) in [5.74, 6) is 0.984. The second kappa shape index (κ2) is 5.19. The van der Waals surface area contributed by atoms with E-state index in [1.807, 2.05) is 36.7 Å². The summed E-state index contributed by atoms with van der Waals surface area (Å²) in [5, 5.41) is 2.06. The molecule has 0 unspecified atom stereocenters. The minimum atomic E-state index is 0.729. The molecule has 0 bridgehead atoms. The van der Waals surface area contributed by atoms with Gasteiger partial charge in [0, 0.05) is 22.6 Å². The number of aromatic nitrogens is 2. The van der Waals surface area contributed by atoms with Crippen LogP contribution in [0.15, 0.2) is 52.6 Å². The van der Waals surface area contributed by atoms with E-state index in [9.17, 15) is 0 Å². The topological polar surface area (TPSA) is 43.8 Å². The highest BCUT2D eigenvalue weighted by atomic mass is 79.9. The molecule has 3 aromatic rings. The number of thiophene rings is 1. The van der Waals surface area contributed by atoms with E-state index in [-0.39, 0.29) is 0 Å². The minimum absolute atomic E-state index is 0.729. The number of nitrogens with two attached hydrogens (primary N) is 1. The molecule has 0 radical (unpaired) electrons. The molecule has 0 saturated carbocycles. The zero-order chi connectivity index (χ0) is 13.2. The molecule has 2 N–H and O–H groups in total. The number of hydrogen-bond acceptors (Lipinski definition) is 3.